The first-order valence-electron chi connectivity index (χ1n) is 8.94. The van der Waals surface area contributed by atoms with Crippen molar-refractivity contribution in [1.82, 2.24) is 4.98 Å². The van der Waals surface area contributed by atoms with Crippen LogP contribution in [-0.4, -0.2) is 23.3 Å². The maximum atomic E-state index is 12.3. The number of benzene rings is 2. The van der Waals surface area contributed by atoms with Gasteiger partial charge in [-0.25, -0.2) is 4.98 Å². The molecule has 0 aliphatic carbocycles. The van der Waals surface area contributed by atoms with Crippen LogP contribution in [0.25, 0.3) is 21.7 Å². The summed E-state index contributed by atoms with van der Waals surface area (Å²) in [5.74, 6) is -2.07. The number of hydrogen-bond acceptors (Lipinski definition) is 7. The molecule has 0 saturated heterocycles. The molecule has 0 saturated carbocycles. The molecule has 2 heterocycles. The third kappa shape index (κ3) is 3.75. The quantitative estimate of drug-likeness (QED) is 0.445. The van der Waals surface area contributed by atoms with Crippen molar-refractivity contribution < 1.29 is 18.7 Å². The number of furan rings is 1. The van der Waals surface area contributed by atoms with E-state index in [-0.39, 0.29) is 6.42 Å². The van der Waals surface area contributed by atoms with Crippen LogP contribution in [0.3, 0.4) is 0 Å². The Labute approximate surface area is 170 Å². The van der Waals surface area contributed by atoms with Crippen molar-refractivity contribution in [3.8, 4) is 6.07 Å². The molecule has 0 radical (unpaired) electrons. The lowest BCUT2D eigenvalue weighted by atomic mass is 10.0. The molecule has 0 fully saturated rings. The van der Waals surface area contributed by atoms with Gasteiger partial charge in [0.2, 0.25) is 0 Å². The molecular weight excluding hydrogens is 388 g/mol. The van der Waals surface area contributed by atoms with Gasteiger partial charge < -0.3 is 9.15 Å². The Bertz CT molecular complexity index is 1260. The van der Waals surface area contributed by atoms with Gasteiger partial charge in [-0.05, 0) is 23.8 Å². The number of fused-ring (bicyclic) bond motifs is 3. The van der Waals surface area contributed by atoms with E-state index in [1.54, 1.807) is 12.3 Å². The fourth-order valence-electron chi connectivity index (χ4n) is 3.22. The fraction of sp³-hybridized carbons (Fsp3) is 0.182. The molecule has 6 nitrogen and oxygen atoms in total. The molecule has 4 aromatic rings. The van der Waals surface area contributed by atoms with Gasteiger partial charge >= 0.3 is 5.97 Å². The zero-order valence-corrected chi connectivity index (χ0v) is 16.4. The molecule has 7 heteroatoms. The first-order valence-corrected chi connectivity index (χ1v) is 9.82. The molecule has 0 amide bonds. The Kier molecular flexibility index (Phi) is 5.10. The van der Waals surface area contributed by atoms with Gasteiger partial charge in [0.1, 0.15) is 10.6 Å². The summed E-state index contributed by atoms with van der Waals surface area (Å²) in [6.07, 6.45) is 1.51. The van der Waals surface area contributed by atoms with Gasteiger partial charge in [-0.3, -0.25) is 9.59 Å². The van der Waals surface area contributed by atoms with Crippen LogP contribution in [0.2, 0.25) is 0 Å². The Morgan fingerprint density at radius 3 is 2.86 bits per heavy atom. The van der Waals surface area contributed by atoms with E-state index < -0.39 is 24.3 Å². The van der Waals surface area contributed by atoms with Gasteiger partial charge in [-0.15, -0.1) is 11.3 Å². The largest absolute Gasteiger partial charge is 0.464 e. The lowest BCUT2D eigenvalue weighted by Gasteiger charge is -2.07. The molecule has 0 N–H and O–H groups in total. The zero-order valence-electron chi connectivity index (χ0n) is 15.5. The minimum absolute atomic E-state index is 0.0259. The minimum Gasteiger partial charge on any atom is -0.464 e. The van der Waals surface area contributed by atoms with Gasteiger partial charge in [-0.1, -0.05) is 30.3 Å². The second-order valence-corrected chi connectivity index (χ2v) is 7.50. The average molecular weight is 404 g/mol. The molecule has 144 valence electrons. The van der Waals surface area contributed by atoms with Crippen molar-refractivity contribution in [2.24, 2.45) is 0 Å². The van der Waals surface area contributed by atoms with E-state index in [0.717, 1.165) is 21.9 Å². The van der Waals surface area contributed by atoms with E-state index in [9.17, 15) is 14.9 Å². The Morgan fingerprint density at radius 1 is 1.28 bits per heavy atom. The van der Waals surface area contributed by atoms with Gasteiger partial charge in [0, 0.05) is 22.0 Å². The smallest absolute Gasteiger partial charge is 0.310 e. The highest BCUT2D eigenvalue weighted by molar-refractivity contribution is 7.09. The molecule has 2 aromatic heterocycles. The lowest BCUT2D eigenvalue weighted by Crippen LogP contribution is -2.20. The maximum absolute atomic E-state index is 12.3. The van der Waals surface area contributed by atoms with E-state index in [1.165, 1.54) is 17.6 Å². The molecule has 0 aliphatic heterocycles. The zero-order chi connectivity index (χ0) is 20.4. The number of carbonyl (C=O) groups excluding carboxylic acids is 2. The molecule has 0 spiro atoms. The summed E-state index contributed by atoms with van der Waals surface area (Å²) >= 11 is 1.24. The van der Waals surface area contributed by atoms with Crippen LogP contribution in [0.15, 0.2) is 52.5 Å². The molecule has 29 heavy (non-hydrogen) atoms. The summed E-state index contributed by atoms with van der Waals surface area (Å²) in [7, 11) is 0. The third-order valence-corrected chi connectivity index (χ3v) is 5.61. The molecule has 4 rings (SSSR count). The van der Waals surface area contributed by atoms with Crippen molar-refractivity contribution >= 4 is 44.8 Å². The number of esters is 1. The Hall–Kier alpha value is -3.50. The van der Waals surface area contributed by atoms with Gasteiger partial charge in [0.25, 0.3) is 0 Å². The summed E-state index contributed by atoms with van der Waals surface area (Å²) in [5, 5.41) is 14.4. The number of nitriles is 1. The van der Waals surface area contributed by atoms with Crippen LogP contribution in [0.4, 0.5) is 0 Å². The van der Waals surface area contributed by atoms with Gasteiger partial charge in [0.05, 0.1) is 18.8 Å². The number of rotatable bonds is 6. The highest BCUT2D eigenvalue weighted by Crippen LogP contribution is 2.30. The molecular formula is C22H16N2O4S. The van der Waals surface area contributed by atoms with Crippen molar-refractivity contribution in [2.75, 3.05) is 6.61 Å². The number of ether oxygens (including phenoxy) is 1. The molecule has 1 atom stereocenters. The number of nitrogens with zero attached hydrogens (tertiary/aromatic N) is 2. The second-order valence-electron chi connectivity index (χ2n) is 6.61. The number of hydrogen-bond donors (Lipinski definition) is 0. The summed E-state index contributed by atoms with van der Waals surface area (Å²) in [4.78, 5) is 28.8. The summed E-state index contributed by atoms with van der Waals surface area (Å²) < 4.78 is 10.7. The summed E-state index contributed by atoms with van der Waals surface area (Å²) in [5.41, 5.74) is 2.13. The van der Waals surface area contributed by atoms with Crippen LogP contribution in [0, 0.1) is 18.3 Å². The normalized spacial score (nSPS) is 12.0. The average Bonchev–Trinajstić information content (AvgIpc) is 3.33. The number of Topliss-reactive ketones (excluding diaryl/α,β-unsaturated/α-hetero) is 1. The SMILES string of the molecule is Cc1csc(C(C#N)C(=O)COC(=O)Cc2coc3ccc4ccccc4c23)n1. The predicted molar refractivity (Wildman–Crippen MR) is 109 cm³/mol. The lowest BCUT2D eigenvalue weighted by molar-refractivity contribution is -0.147. The van der Waals surface area contributed by atoms with E-state index in [4.69, 9.17) is 9.15 Å². The van der Waals surface area contributed by atoms with E-state index in [2.05, 4.69) is 4.98 Å². The van der Waals surface area contributed by atoms with Crippen molar-refractivity contribution in [2.45, 2.75) is 19.3 Å². The van der Waals surface area contributed by atoms with Gasteiger partial charge in [0.15, 0.2) is 18.3 Å². The van der Waals surface area contributed by atoms with Gasteiger partial charge in [-0.2, -0.15) is 5.26 Å². The highest BCUT2D eigenvalue weighted by atomic mass is 32.1. The first-order chi connectivity index (χ1) is 14.1. The Balaban J connectivity index is 1.47. The van der Waals surface area contributed by atoms with Crippen LogP contribution < -0.4 is 0 Å². The van der Waals surface area contributed by atoms with Crippen LogP contribution >= 0.6 is 11.3 Å². The maximum Gasteiger partial charge on any atom is 0.310 e. The van der Waals surface area contributed by atoms with Crippen LogP contribution in [0.1, 0.15) is 22.2 Å². The van der Waals surface area contributed by atoms with Crippen LogP contribution in [-0.2, 0) is 20.7 Å². The monoisotopic (exact) mass is 404 g/mol. The standard InChI is InChI=1S/C22H16N2O4S/c1-13-12-29-22(24-13)17(9-23)18(25)11-28-20(26)8-15-10-27-19-7-6-14-4-2-3-5-16(14)21(15)19/h2-7,10,12,17H,8,11H2,1H3. The second kappa shape index (κ2) is 7.86. The van der Waals surface area contributed by atoms with E-state index >= 15 is 0 Å². The first kappa shape index (κ1) is 18.8. The van der Waals surface area contributed by atoms with Crippen LogP contribution in [0.5, 0.6) is 0 Å². The number of aryl methyl sites for hydroxylation is 1. The fourth-order valence-corrected chi connectivity index (χ4v) is 4.08. The number of carbonyl (C=O) groups is 2. The van der Waals surface area contributed by atoms with Crippen molar-refractivity contribution in [3.05, 3.63) is 64.3 Å². The number of thiazole rings is 1. The number of ketones is 1. The third-order valence-electron chi connectivity index (χ3n) is 4.59. The Morgan fingerprint density at radius 2 is 2.10 bits per heavy atom. The summed E-state index contributed by atoms with van der Waals surface area (Å²) in [6.45, 7) is 1.32. The summed E-state index contributed by atoms with van der Waals surface area (Å²) in [6, 6.07) is 13.6. The molecule has 2 aromatic carbocycles. The predicted octanol–water partition coefficient (Wildman–Crippen LogP) is 4.31. The highest BCUT2D eigenvalue weighted by Gasteiger charge is 2.24. The van der Waals surface area contributed by atoms with Crippen molar-refractivity contribution in [3.63, 3.8) is 0 Å². The number of aromatic nitrogens is 1. The van der Waals surface area contributed by atoms with Crippen molar-refractivity contribution in [1.29, 1.82) is 5.26 Å². The molecule has 0 bridgehead atoms. The van der Waals surface area contributed by atoms with E-state index in [1.807, 2.05) is 42.5 Å². The topological polar surface area (TPSA) is 93.2 Å². The minimum atomic E-state index is -1.03. The van der Waals surface area contributed by atoms with E-state index in [0.29, 0.717) is 16.2 Å². The molecule has 0 aliphatic rings. The molecule has 1 unspecified atom stereocenters.